The van der Waals surface area contributed by atoms with Gasteiger partial charge in [-0.3, -0.25) is 0 Å². The molecule has 4 heterocycles. The summed E-state index contributed by atoms with van der Waals surface area (Å²) in [5.74, 6) is 2.48. The average Bonchev–Trinajstić information content (AvgIpc) is 3.00. The van der Waals surface area contributed by atoms with Crippen molar-refractivity contribution in [3.63, 3.8) is 0 Å². The number of hydrogen-bond donors (Lipinski definition) is 2. The van der Waals surface area contributed by atoms with Gasteiger partial charge >= 0.3 is 6.03 Å². The van der Waals surface area contributed by atoms with Gasteiger partial charge in [0.05, 0.1) is 24.9 Å². The van der Waals surface area contributed by atoms with Gasteiger partial charge in [-0.25, -0.2) is 19.7 Å². The Morgan fingerprint density at radius 2 is 1.68 bits per heavy atom. The number of carbonyl (C=O) groups is 1. The number of carbonyl (C=O) groups excluding carboxylic acids is 1. The third-order valence-corrected chi connectivity index (χ3v) is 7.61. The van der Waals surface area contributed by atoms with Crippen molar-refractivity contribution in [3.05, 3.63) is 72.2 Å². The summed E-state index contributed by atoms with van der Waals surface area (Å²) < 4.78 is 11.9. The molecule has 0 atom stereocenters. The molecule has 0 radical (unpaired) electrons. The van der Waals surface area contributed by atoms with E-state index in [1.165, 1.54) is 5.56 Å². The molecule has 2 aliphatic rings. The smallest absolute Gasteiger partial charge is 0.321 e. The minimum atomic E-state index is -0.0657. The highest BCUT2D eigenvalue weighted by Crippen LogP contribution is 2.30. The van der Waals surface area contributed by atoms with Crippen LogP contribution < -0.4 is 20.3 Å². The maximum atomic E-state index is 12.7. The van der Waals surface area contributed by atoms with Crippen LogP contribution >= 0.6 is 0 Å². The second-order valence-corrected chi connectivity index (χ2v) is 10.6. The number of morpholine rings is 1. The molecule has 0 saturated carbocycles. The van der Waals surface area contributed by atoms with E-state index in [2.05, 4.69) is 36.6 Å². The summed E-state index contributed by atoms with van der Waals surface area (Å²) in [5.41, 5.74) is 4.71. The third kappa shape index (κ3) is 6.33. The molecule has 4 aromatic rings. The van der Waals surface area contributed by atoms with Gasteiger partial charge in [-0.15, -0.1) is 0 Å². The van der Waals surface area contributed by atoms with Crippen LogP contribution in [0.25, 0.3) is 10.9 Å². The number of hydrogen-bond acceptors (Lipinski definition) is 8. The van der Waals surface area contributed by atoms with Crippen LogP contribution in [-0.2, 0) is 4.74 Å². The zero-order chi connectivity index (χ0) is 28.2. The molecule has 6 rings (SSSR count). The monoisotopic (exact) mass is 553 g/mol. The number of anilines is 4. The van der Waals surface area contributed by atoms with E-state index in [1.54, 1.807) is 12.5 Å². The standard InChI is InChI=1S/C31H35N7O3/c1-21-3-5-23(6-4-21)36-31(39)38-11-9-25(10-12-38)41-28-8-7-24(17-22(28)2)35-30-26-18-29(37-13-15-40-16-14-37)32-19-27(26)33-20-34-30/h3-8,17-20,25H,9-16H2,1-2H3,(H,36,39)(H,33,34,35). The summed E-state index contributed by atoms with van der Waals surface area (Å²) in [6.45, 7) is 8.42. The predicted molar refractivity (Wildman–Crippen MR) is 160 cm³/mol. The Labute approximate surface area is 239 Å². The van der Waals surface area contributed by atoms with Gasteiger partial charge in [0.15, 0.2) is 0 Å². The van der Waals surface area contributed by atoms with Crippen LogP contribution in [0.15, 0.2) is 61.1 Å². The molecule has 41 heavy (non-hydrogen) atoms. The quantitative estimate of drug-likeness (QED) is 0.332. The highest BCUT2D eigenvalue weighted by molar-refractivity contribution is 5.92. The third-order valence-electron chi connectivity index (χ3n) is 7.61. The first-order chi connectivity index (χ1) is 20.0. The zero-order valence-corrected chi connectivity index (χ0v) is 23.5. The minimum absolute atomic E-state index is 0.0628. The fourth-order valence-corrected chi connectivity index (χ4v) is 5.20. The van der Waals surface area contributed by atoms with E-state index in [9.17, 15) is 4.79 Å². The number of piperidine rings is 1. The van der Waals surface area contributed by atoms with E-state index in [0.29, 0.717) is 26.3 Å². The molecule has 212 valence electrons. The number of rotatable bonds is 6. The fraction of sp³-hybridized carbons (Fsp3) is 0.355. The Hall–Kier alpha value is -4.44. The molecule has 2 aliphatic heterocycles. The molecule has 0 aliphatic carbocycles. The Kier molecular flexibility index (Phi) is 7.82. The maximum Gasteiger partial charge on any atom is 0.321 e. The SMILES string of the molecule is Cc1ccc(NC(=O)N2CCC(Oc3ccc(Nc4ncnc5cnc(N6CCOCC6)cc45)cc3C)CC2)cc1. The van der Waals surface area contributed by atoms with Crippen molar-refractivity contribution in [1.29, 1.82) is 0 Å². The highest BCUT2D eigenvalue weighted by Gasteiger charge is 2.24. The first-order valence-corrected chi connectivity index (χ1v) is 14.1. The Morgan fingerprint density at radius 1 is 0.927 bits per heavy atom. The number of fused-ring (bicyclic) bond motifs is 1. The van der Waals surface area contributed by atoms with Crippen LogP contribution in [0.4, 0.5) is 27.8 Å². The Morgan fingerprint density at radius 3 is 2.44 bits per heavy atom. The van der Waals surface area contributed by atoms with Crippen molar-refractivity contribution in [2.75, 3.05) is 54.9 Å². The largest absolute Gasteiger partial charge is 0.490 e. The van der Waals surface area contributed by atoms with E-state index in [0.717, 1.165) is 71.2 Å². The van der Waals surface area contributed by atoms with Crippen molar-refractivity contribution in [2.24, 2.45) is 0 Å². The molecule has 2 amide bonds. The number of aromatic nitrogens is 3. The lowest BCUT2D eigenvalue weighted by Gasteiger charge is -2.32. The van der Waals surface area contributed by atoms with Gasteiger partial charge in [-0.1, -0.05) is 17.7 Å². The second kappa shape index (κ2) is 12.0. The minimum Gasteiger partial charge on any atom is -0.490 e. The molecule has 2 aromatic carbocycles. The van der Waals surface area contributed by atoms with Crippen LogP contribution in [-0.4, -0.2) is 71.4 Å². The molecule has 10 nitrogen and oxygen atoms in total. The van der Waals surface area contributed by atoms with Crippen LogP contribution in [0.2, 0.25) is 0 Å². The summed E-state index contributed by atoms with van der Waals surface area (Å²) >= 11 is 0. The van der Waals surface area contributed by atoms with Crippen molar-refractivity contribution in [3.8, 4) is 5.75 Å². The lowest BCUT2D eigenvalue weighted by Crippen LogP contribution is -2.43. The van der Waals surface area contributed by atoms with E-state index in [-0.39, 0.29) is 12.1 Å². The summed E-state index contributed by atoms with van der Waals surface area (Å²) in [7, 11) is 0. The van der Waals surface area contributed by atoms with E-state index in [4.69, 9.17) is 9.47 Å². The lowest BCUT2D eigenvalue weighted by atomic mass is 10.1. The van der Waals surface area contributed by atoms with Gasteiger partial charge < -0.3 is 29.9 Å². The van der Waals surface area contributed by atoms with Gasteiger partial charge in [-0.2, -0.15) is 0 Å². The summed E-state index contributed by atoms with van der Waals surface area (Å²) in [4.78, 5) is 30.3. The first-order valence-electron chi connectivity index (χ1n) is 14.1. The van der Waals surface area contributed by atoms with Crippen molar-refractivity contribution in [1.82, 2.24) is 19.9 Å². The summed E-state index contributed by atoms with van der Waals surface area (Å²) in [5, 5.41) is 7.37. The number of likely N-dealkylation sites (tertiary alicyclic amines) is 1. The summed E-state index contributed by atoms with van der Waals surface area (Å²) in [6, 6.07) is 15.9. The van der Waals surface area contributed by atoms with Gasteiger partial charge in [0.25, 0.3) is 0 Å². The lowest BCUT2D eigenvalue weighted by molar-refractivity contribution is 0.115. The number of nitrogens with one attached hydrogen (secondary N) is 2. The molecule has 0 bridgehead atoms. The topological polar surface area (TPSA) is 105 Å². The van der Waals surface area contributed by atoms with E-state index in [1.807, 2.05) is 61.2 Å². The summed E-state index contributed by atoms with van der Waals surface area (Å²) in [6.07, 6.45) is 4.98. The van der Waals surface area contributed by atoms with Crippen LogP contribution in [0, 0.1) is 13.8 Å². The number of benzene rings is 2. The number of aryl methyl sites for hydroxylation is 2. The number of nitrogens with zero attached hydrogens (tertiary/aromatic N) is 5. The first kappa shape index (κ1) is 26.8. The molecule has 0 unspecified atom stereocenters. The van der Waals surface area contributed by atoms with Gasteiger partial charge in [0.2, 0.25) is 0 Å². The number of ether oxygens (including phenoxy) is 2. The molecular weight excluding hydrogens is 518 g/mol. The Balaban J connectivity index is 1.07. The normalized spacial score (nSPS) is 16.0. The number of pyridine rings is 1. The molecule has 2 N–H and O–H groups in total. The number of amides is 2. The van der Waals surface area contributed by atoms with E-state index >= 15 is 0 Å². The molecule has 2 aromatic heterocycles. The van der Waals surface area contributed by atoms with Crippen LogP contribution in [0.5, 0.6) is 5.75 Å². The molecule has 10 heteroatoms. The number of urea groups is 1. The fourth-order valence-electron chi connectivity index (χ4n) is 5.20. The van der Waals surface area contributed by atoms with Gasteiger partial charge in [0.1, 0.15) is 29.8 Å². The van der Waals surface area contributed by atoms with Crippen molar-refractivity contribution in [2.45, 2.75) is 32.8 Å². The second-order valence-electron chi connectivity index (χ2n) is 10.6. The maximum absolute atomic E-state index is 12.7. The van der Waals surface area contributed by atoms with Gasteiger partial charge in [-0.05, 0) is 55.8 Å². The van der Waals surface area contributed by atoms with Gasteiger partial charge in [0, 0.05) is 55.8 Å². The average molecular weight is 554 g/mol. The molecule has 0 spiro atoms. The van der Waals surface area contributed by atoms with Crippen molar-refractivity contribution >= 4 is 39.9 Å². The molecule has 2 fully saturated rings. The highest BCUT2D eigenvalue weighted by atomic mass is 16.5. The van der Waals surface area contributed by atoms with Crippen LogP contribution in [0.3, 0.4) is 0 Å². The zero-order valence-electron chi connectivity index (χ0n) is 23.5. The predicted octanol–water partition coefficient (Wildman–Crippen LogP) is 5.30. The van der Waals surface area contributed by atoms with E-state index < -0.39 is 0 Å². The Bertz CT molecular complexity index is 1510. The molecular formula is C31H35N7O3. The molecule has 2 saturated heterocycles. The van der Waals surface area contributed by atoms with Crippen LogP contribution in [0.1, 0.15) is 24.0 Å². The van der Waals surface area contributed by atoms with Crippen molar-refractivity contribution < 1.29 is 14.3 Å².